The normalized spacial score (nSPS) is 10.4. The Kier molecular flexibility index (Phi) is 4.85. The minimum Gasteiger partial charge on any atom is -0.497 e. The molecule has 0 aliphatic heterocycles. The van der Waals surface area contributed by atoms with Crippen molar-refractivity contribution in [3.05, 3.63) is 59.6 Å². The number of nitrogens with zero attached hydrogens (tertiary/aromatic N) is 3. The van der Waals surface area contributed by atoms with Gasteiger partial charge < -0.3 is 14.8 Å². The van der Waals surface area contributed by atoms with E-state index >= 15 is 0 Å². The first-order valence-electron chi connectivity index (χ1n) is 7.30. The van der Waals surface area contributed by atoms with E-state index in [1.54, 1.807) is 36.4 Å². The maximum absolute atomic E-state index is 12.8. The summed E-state index contributed by atoms with van der Waals surface area (Å²) in [5.41, 5.74) is 1.47. The Hall–Kier alpha value is -3.06. The van der Waals surface area contributed by atoms with E-state index in [-0.39, 0.29) is 5.91 Å². The standard InChI is InChI=1S/C17H15ClN4O3/c1-24-12-4-6-16(25-2)13(8-12)17(23)21-14-7-11(18)3-5-15(14)22-10-19-9-20-22/h3-10H,1-2H3,(H,21,23). The Balaban J connectivity index is 1.98. The van der Waals surface area contributed by atoms with Gasteiger partial charge in [-0.15, -0.1) is 0 Å². The molecule has 0 aliphatic rings. The van der Waals surface area contributed by atoms with Crippen LogP contribution in [0.2, 0.25) is 5.02 Å². The number of anilines is 1. The number of halogens is 1. The van der Waals surface area contributed by atoms with E-state index < -0.39 is 0 Å². The van der Waals surface area contributed by atoms with E-state index in [1.807, 2.05) is 0 Å². The van der Waals surface area contributed by atoms with Crippen molar-refractivity contribution >= 4 is 23.2 Å². The molecule has 0 bridgehead atoms. The first-order chi connectivity index (χ1) is 12.1. The average molecular weight is 359 g/mol. The number of hydrogen-bond donors (Lipinski definition) is 1. The minimum absolute atomic E-state index is 0.339. The smallest absolute Gasteiger partial charge is 0.259 e. The van der Waals surface area contributed by atoms with Gasteiger partial charge in [-0.25, -0.2) is 9.67 Å². The zero-order valence-corrected chi connectivity index (χ0v) is 14.3. The van der Waals surface area contributed by atoms with Crippen molar-refractivity contribution in [3.63, 3.8) is 0 Å². The van der Waals surface area contributed by atoms with Crippen LogP contribution >= 0.6 is 11.6 Å². The molecule has 2 aromatic carbocycles. The van der Waals surface area contributed by atoms with E-state index in [0.29, 0.717) is 33.5 Å². The molecule has 0 fully saturated rings. The number of rotatable bonds is 5. The maximum atomic E-state index is 12.8. The average Bonchev–Trinajstić information content (AvgIpc) is 3.15. The molecule has 8 heteroatoms. The number of hydrogen-bond acceptors (Lipinski definition) is 5. The van der Waals surface area contributed by atoms with E-state index in [1.165, 1.54) is 31.6 Å². The van der Waals surface area contributed by atoms with Crippen LogP contribution in [0.1, 0.15) is 10.4 Å². The van der Waals surface area contributed by atoms with Crippen LogP contribution in [0.5, 0.6) is 11.5 Å². The van der Waals surface area contributed by atoms with E-state index in [0.717, 1.165) is 0 Å². The number of benzene rings is 2. The molecular weight excluding hydrogens is 344 g/mol. The van der Waals surface area contributed by atoms with Crippen molar-refractivity contribution in [1.82, 2.24) is 14.8 Å². The van der Waals surface area contributed by atoms with Gasteiger partial charge in [-0.1, -0.05) is 11.6 Å². The van der Waals surface area contributed by atoms with Crippen molar-refractivity contribution in [1.29, 1.82) is 0 Å². The van der Waals surface area contributed by atoms with Crippen molar-refractivity contribution < 1.29 is 14.3 Å². The molecule has 1 heterocycles. The molecule has 0 spiro atoms. The fraction of sp³-hybridized carbons (Fsp3) is 0.118. The first-order valence-corrected chi connectivity index (χ1v) is 7.68. The largest absolute Gasteiger partial charge is 0.497 e. The van der Waals surface area contributed by atoms with Crippen molar-refractivity contribution in [2.45, 2.75) is 0 Å². The lowest BCUT2D eigenvalue weighted by atomic mass is 10.1. The maximum Gasteiger partial charge on any atom is 0.259 e. The fourth-order valence-electron chi connectivity index (χ4n) is 2.32. The van der Waals surface area contributed by atoms with E-state index in [4.69, 9.17) is 21.1 Å². The second kappa shape index (κ2) is 7.23. The molecule has 3 rings (SSSR count). The fourth-order valence-corrected chi connectivity index (χ4v) is 2.49. The Bertz CT molecular complexity index is 897. The van der Waals surface area contributed by atoms with Crippen LogP contribution in [0.4, 0.5) is 5.69 Å². The Morgan fingerprint density at radius 3 is 2.68 bits per heavy atom. The summed E-state index contributed by atoms with van der Waals surface area (Å²) in [6.45, 7) is 0. The van der Waals surface area contributed by atoms with Crippen LogP contribution in [-0.4, -0.2) is 34.9 Å². The van der Waals surface area contributed by atoms with Gasteiger partial charge in [0.1, 0.15) is 24.2 Å². The molecule has 0 saturated heterocycles. The summed E-state index contributed by atoms with van der Waals surface area (Å²) >= 11 is 6.07. The highest BCUT2D eigenvalue weighted by molar-refractivity contribution is 6.31. The van der Waals surface area contributed by atoms with Gasteiger partial charge in [0.05, 0.1) is 31.2 Å². The van der Waals surface area contributed by atoms with Gasteiger partial charge in [-0.2, -0.15) is 5.10 Å². The lowest BCUT2D eigenvalue weighted by molar-refractivity contribution is 0.102. The molecule has 0 unspecified atom stereocenters. The predicted octanol–water partition coefficient (Wildman–Crippen LogP) is 3.19. The third-order valence-corrected chi connectivity index (χ3v) is 3.76. The number of ether oxygens (including phenoxy) is 2. The van der Waals surface area contributed by atoms with Gasteiger partial charge in [-0.05, 0) is 36.4 Å². The molecule has 1 aromatic heterocycles. The lowest BCUT2D eigenvalue weighted by Crippen LogP contribution is -2.15. The third-order valence-electron chi connectivity index (χ3n) is 3.52. The van der Waals surface area contributed by atoms with Gasteiger partial charge in [0.25, 0.3) is 5.91 Å². The monoisotopic (exact) mass is 358 g/mol. The van der Waals surface area contributed by atoms with E-state index in [2.05, 4.69) is 15.4 Å². The summed E-state index contributed by atoms with van der Waals surface area (Å²) < 4.78 is 12.0. The lowest BCUT2D eigenvalue weighted by Gasteiger charge is -2.13. The summed E-state index contributed by atoms with van der Waals surface area (Å²) in [5, 5.41) is 7.40. The molecule has 0 aliphatic carbocycles. The number of methoxy groups -OCH3 is 2. The zero-order chi connectivity index (χ0) is 17.8. The highest BCUT2D eigenvalue weighted by Gasteiger charge is 2.16. The number of aromatic nitrogens is 3. The van der Waals surface area contributed by atoms with Crippen LogP contribution in [-0.2, 0) is 0 Å². The molecule has 25 heavy (non-hydrogen) atoms. The predicted molar refractivity (Wildman–Crippen MR) is 93.9 cm³/mol. The quantitative estimate of drug-likeness (QED) is 0.757. The topological polar surface area (TPSA) is 78.3 Å². The number of carbonyl (C=O) groups excluding carboxylic acids is 1. The van der Waals surface area contributed by atoms with Crippen LogP contribution in [0.25, 0.3) is 5.69 Å². The molecule has 0 saturated carbocycles. The number of nitrogens with one attached hydrogen (secondary N) is 1. The molecule has 0 radical (unpaired) electrons. The van der Waals surface area contributed by atoms with Crippen LogP contribution in [0.3, 0.4) is 0 Å². The van der Waals surface area contributed by atoms with Crippen molar-refractivity contribution in [2.75, 3.05) is 19.5 Å². The molecule has 1 N–H and O–H groups in total. The Morgan fingerprint density at radius 2 is 2.00 bits per heavy atom. The van der Waals surface area contributed by atoms with Gasteiger partial charge in [0, 0.05) is 5.02 Å². The molecule has 7 nitrogen and oxygen atoms in total. The van der Waals surface area contributed by atoms with Crippen molar-refractivity contribution in [2.24, 2.45) is 0 Å². The van der Waals surface area contributed by atoms with Crippen molar-refractivity contribution in [3.8, 4) is 17.2 Å². The highest BCUT2D eigenvalue weighted by Crippen LogP contribution is 2.28. The first kappa shape index (κ1) is 16.8. The van der Waals surface area contributed by atoms with Crippen LogP contribution < -0.4 is 14.8 Å². The minimum atomic E-state index is -0.362. The SMILES string of the molecule is COc1ccc(OC)c(C(=O)Nc2cc(Cl)ccc2-n2cncn2)c1. The van der Waals surface area contributed by atoms with Gasteiger partial charge in [0.15, 0.2) is 0 Å². The summed E-state index contributed by atoms with van der Waals surface area (Å²) in [5.74, 6) is 0.621. The van der Waals surface area contributed by atoms with Gasteiger partial charge in [-0.3, -0.25) is 4.79 Å². The Labute approximate surface area is 149 Å². The number of amides is 1. The Morgan fingerprint density at radius 1 is 1.16 bits per heavy atom. The van der Waals surface area contributed by atoms with Crippen LogP contribution in [0.15, 0.2) is 49.1 Å². The zero-order valence-electron chi connectivity index (χ0n) is 13.6. The second-order valence-electron chi connectivity index (χ2n) is 5.02. The van der Waals surface area contributed by atoms with Gasteiger partial charge in [0.2, 0.25) is 0 Å². The van der Waals surface area contributed by atoms with Crippen LogP contribution in [0, 0.1) is 0 Å². The molecule has 1 amide bonds. The molecular formula is C17H15ClN4O3. The second-order valence-corrected chi connectivity index (χ2v) is 5.46. The molecule has 128 valence electrons. The summed E-state index contributed by atoms with van der Waals surface area (Å²) in [6, 6.07) is 10.1. The van der Waals surface area contributed by atoms with E-state index in [9.17, 15) is 4.79 Å². The highest BCUT2D eigenvalue weighted by atomic mass is 35.5. The summed E-state index contributed by atoms with van der Waals surface area (Å²) in [4.78, 5) is 16.7. The summed E-state index contributed by atoms with van der Waals surface area (Å²) in [6.07, 6.45) is 2.94. The molecule has 3 aromatic rings. The number of carbonyl (C=O) groups is 1. The molecule has 0 atom stereocenters. The third kappa shape index (κ3) is 3.56. The van der Waals surface area contributed by atoms with Gasteiger partial charge >= 0.3 is 0 Å². The summed E-state index contributed by atoms with van der Waals surface area (Å²) in [7, 11) is 3.03.